The molecule has 0 radical (unpaired) electrons. The first kappa shape index (κ1) is 10.9. The highest BCUT2D eigenvalue weighted by Crippen LogP contribution is 2.19. The molecule has 0 aliphatic heterocycles. The normalized spacial score (nSPS) is 9.93. The zero-order valence-corrected chi connectivity index (χ0v) is 8.64. The fourth-order valence-corrected chi connectivity index (χ4v) is 1.13. The minimum atomic E-state index is -0.151. The van der Waals surface area contributed by atoms with Crippen LogP contribution in [0.1, 0.15) is 12.0 Å². The SMILES string of the molecule is Cc1cnc(Cl)c(NC(=O)CCN)c1. The average Bonchev–Trinajstić information content (AvgIpc) is 2.12. The number of rotatable bonds is 3. The van der Waals surface area contributed by atoms with Crippen molar-refractivity contribution < 1.29 is 4.79 Å². The first-order chi connectivity index (χ1) is 6.63. The number of aromatic nitrogens is 1. The summed E-state index contributed by atoms with van der Waals surface area (Å²) < 4.78 is 0. The summed E-state index contributed by atoms with van der Waals surface area (Å²) in [4.78, 5) is 15.1. The number of halogens is 1. The van der Waals surface area contributed by atoms with Crippen molar-refractivity contribution in [2.24, 2.45) is 5.73 Å². The van der Waals surface area contributed by atoms with Gasteiger partial charge in [0.05, 0.1) is 5.69 Å². The van der Waals surface area contributed by atoms with Gasteiger partial charge in [-0.25, -0.2) is 4.98 Å². The lowest BCUT2D eigenvalue weighted by Gasteiger charge is -2.06. The molecule has 0 aliphatic rings. The number of hydrogen-bond donors (Lipinski definition) is 2. The van der Waals surface area contributed by atoms with E-state index in [9.17, 15) is 4.79 Å². The number of nitrogens with two attached hydrogens (primary N) is 1. The number of nitrogens with zero attached hydrogens (tertiary/aromatic N) is 1. The molecule has 14 heavy (non-hydrogen) atoms. The van der Waals surface area contributed by atoms with Gasteiger partial charge in [-0.1, -0.05) is 11.6 Å². The number of carbonyl (C=O) groups is 1. The van der Waals surface area contributed by atoms with Gasteiger partial charge in [-0.15, -0.1) is 0 Å². The molecule has 1 aromatic heterocycles. The van der Waals surface area contributed by atoms with Crippen molar-refractivity contribution in [3.05, 3.63) is 23.0 Å². The van der Waals surface area contributed by atoms with Gasteiger partial charge in [-0.05, 0) is 18.6 Å². The van der Waals surface area contributed by atoms with E-state index in [0.717, 1.165) is 5.56 Å². The number of anilines is 1. The summed E-state index contributed by atoms with van der Waals surface area (Å²) in [6.07, 6.45) is 1.92. The predicted octanol–water partition coefficient (Wildman–Crippen LogP) is 1.33. The Labute approximate surface area is 87.5 Å². The fourth-order valence-electron chi connectivity index (χ4n) is 0.984. The summed E-state index contributed by atoms with van der Waals surface area (Å²) >= 11 is 5.78. The Balaban J connectivity index is 2.75. The largest absolute Gasteiger partial charge is 0.330 e. The number of aryl methyl sites for hydroxylation is 1. The second-order valence-electron chi connectivity index (χ2n) is 2.94. The van der Waals surface area contributed by atoms with Gasteiger partial charge in [0.15, 0.2) is 5.15 Å². The molecule has 5 heteroatoms. The summed E-state index contributed by atoms with van der Waals surface area (Å²) in [6.45, 7) is 2.20. The van der Waals surface area contributed by atoms with E-state index in [2.05, 4.69) is 10.3 Å². The highest BCUT2D eigenvalue weighted by molar-refractivity contribution is 6.32. The molecule has 0 spiro atoms. The molecule has 0 aromatic carbocycles. The van der Waals surface area contributed by atoms with E-state index in [1.54, 1.807) is 12.3 Å². The van der Waals surface area contributed by atoms with Gasteiger partial charge < -0.3 is 11.1 Å². The maximum Gasteiger partial charge on any atom is 0.225 e. The van der Waals surface area contributed by atoms with Crippen LogP contribution in [0, 0.1) is 6.92 Å². The molecule has 0 bridgehead atoms. The second-order valence-corrected chi connectivity index (χ2v) is 3.30. The molecule has 0 saturated carbocycles. The molecule has 76 valence electrons. The Bertz CT molecular complexity index is 341. The van der Waals surface area contributed by atoms with Crippen LogP contribution in [0.2, 0.25) is 5.15 Å². The summed E-state index contributed by atoms with van der Waals surface area (Å²) in [5.74, 6) is -0.151. The second kappa shape index (κ2) is 4.93. The molecular weight excluding hydrogens is 202 g/mol. The fraction of sp³-hybridized carbons (Fsp3) is 0.333. The van der Waals surface area contributed by atoms with E-state index in [1.165, 1.54) is 0 Å². The summed E-state index contributed by atoms with van der Waals surface area (Å²) in [5.41, 5.74) is 6.72. The van der Waals surface area contributed by atoms with Gasteiger partial charge in [0.1, 0.15) is 0 Å². The molecule has 0 fully saturated rings. The Morgan fingerprint density at radius 2 is 2.43 bits per heavy atom. The minimum Gasteiger partial charge on any atom is -0.330 e. The van der Waals surface area contributed by atoms with E-state index in [0.29, 0.717) is 17.4 Å². The highest BCUT2D eigenvalue weighted by Gasteiger charge is 2.05. The molecule has 1 amide bonds. The highest BCUT2D eigenvalue weighted by atomic mass is 35.5. The van der Waals surface area contributed by atoms with E-state index >= 15 is 0 Å². The van der Waals surface area contributed by atoms with Gasteiger partial charge in [0.25, 0.3) is 0 Å². The van der Waals surface area contributed by atoms with Gasteiger partial charge in [-0.3, -0.25) is 4.79 Å². The zero-order valence-electron chi connectivity index (χ0n) is 7.88. The van der Waals surface area contributed by atoms with Crippen LogP contribution in [0.25, 0.3) is 0 Å². The molecule has 0 aliphatic carbocycles. The molecule has 3 N–H and O–H groups in total. The molecule has 0 atom stereocenters. The smallest absolute Gasteiger partial charge is 0.225 e. The Kier molecular flexibility index (Phi) is 3.85. The number of carbonyl (C=O) groups excluding carboxylic acids is 1. The quantitative estimate of drug-likeness (QED) is 0.745. The molecule has 0 saturated heterocycles. The van der Waals surface area contributed by atoms with E-state index < -0.39 is 0 Å². The third-order valence-electron chi connectivity index (χ3n) is 1.62. The maximum absolute atomic E-state index is 11.2. The van der Waals surface area contributed by atoms with Gasteiger partial charge >= 0.3 is 0 Å². The zero-order chi connectivity index (χ0) is 10.6. The van der Waals surface area contributed by atoms with Crippen LogP contribution >= 0.6 is 11.6 Å². The lowest BCUT2D eigenvalue weighted by molar-refractivity contribution is -0.116. The van der Waals surface area contributed by atoms with Crippen molar-refractivity contribution >= 4 is 23.2 Å². The molecule has 1 aromatic rings. The summed E-state index contributed by atoms with van der Waals surface area (Å²) in [7, 11) is 0. The lowest BCUT2D eigenvalue weighted by atomic mass is 10.3. The van der Waals surface area contributed by atoms with Gasteiger partial charge in [-0.2, -0.15) is 0 Å². The van der Waals surface area contributed by atoms with Crippen LogP contribution in [-0.4, -0.2) is 17.4 Å². The molecule has 0 unspecified atom stereocenters. The Morgan fingerprint density at radius 1 is 1.71 bits per heavy atom. The summed E-state index contributed by atoms with van der Waals surface area (Å²) in [5, 5.41) is 2.93. The van der Waals surface area contributed by atoms with E-state index in [4.69, 9.17) is 17.3 Å². The van der Waals surface area contributed by atoms with Crippen LogP contribution in [-0.2, 0) is 4.79 Å². The van der Waals surface area contributed by atoms with E-state index in [-0.39, 0.29) is 12.3 Å². The third kappa shape index (κ3) is 2.97. The maximum atomic E-state index is 11.2. The molecule has 1 rings (SSSR count). The molecule has 1 heterocycles. The standard InChI is InChI=1S/C9H12ClN3O/c1-6-4-7(9(10)12-5-6)13-8(14)2-3-11/h4-5H,2-3,11H2,1H3,(H,13,14). The van der Waals surface area contributed by atoms with Gasteiger partial charge in [0.2, 0.25) is 5.91 Å². The average molecular weight is 214 g/mol. The first-order valence-corrected chi connectivity index (χ1v) is 4.63. The van der Waals surface area contributed by atoms with Gasteiger partial charge in [0, 0.05) is 19.2 Å². The number of amides is 1. The van der Waals surface area contributed by atoms with Crippen LogP contribution < -0.4 is 11.1 Å². The molecular formula is C9H12ClN3O. The van der Waals surface area contributed by atoms with Crippen LogP contribution in [0.3, 0.4) is 0 Å². The Morgan fingerprint density at radius 3 is 3.07 bits per heavy atom. The van der Waals surface area contributed by atoms with Crippen molar-refractivity contribution in [1.29, 1.82) is 0 Å². The number of pyridine rings is 1. The van der Waals surface area contributed by atoms with Crippen LogP contribution in [0.4, 0.5) is 5.69 Å². The monoisotopic (exact) mass is 213 g/mol. The Hall–Kier alpha value is -1.13. The van der Waals surface area contributed by atoms with Crippen LogP contribution in [0.15, 0.2) is 12.3 Å². The van der Waals surface area contributed by atoms with Crippen molar-refractivity contribution in [2.75, 3.05) is 11.9 Å². The van der Waals surface area contributed by atoms with Crippen molar-refractivity contribution in [3.8, 4) is 0 Å². The number of nitrogens with one attached hydrogen (secondary N) is 1. The molecule has 4 nitrogen and oxygen atoms in total. The first-order valence-electron chi connectivity index (χ1n) is 4.25. The topological polar surface area (TPSA) is 68.0 Å². The van der Waals surface area contributed by atoms with Crippen LogP contribution in [0.5, 0.6) is 0 Å². The van der Waals surface area contributed by atoms with Crippen molar-refractivity contribution in [2.45, 2.75) is 13.3 Å². The van der Waals surface area contributed by atoms with Crippen molar-refractivity contribution in [1.82, 2.24) is 4.98 Å². The number of hydrogen-bond acceptors (Lipinski definition) is 3. The predicted molar refractivity (Wildman–Crippen MR) is 56.3 cm³/mol. The lowest BCUT2D eigenvalue weighted by Crippen LogP contribution is -2.16. The minimum absolute atomic E-state index is 0.151. The van der Waals surface area contributed by atoms with E-state index in [1.807, 2.05) is 6.92 Å². The third-order valence-corrected chi connectivity index (χ3v) is 1.92. The summed E-state index contributed by atoms with van der Waals surface area (Å²) in [6, 6.07) is 1.77. The van der Waals surface area contributed by atoms with Crippen molar-refractivity contribution in [3.63, 3.8) is 0 Å².